The van der Waals surface area contributed by atoms with Crippen LogP contribution in [0.3, 0.4) is 0 Å². The van der Waals surface area contributed by atoms with Crippen molar-refractivity contribution in [2.24, 2.45) is 5.92 Å². The summed E-state index contributed by atoms with van der Waals surface area (Å²) in [4.78, 5) is 22.8. The van der Waals surface area contributed by atoms with Gasteiger partial charge in [0.25, 0.3) is 0 Å². The van der Waals surface area contributed by atoms with Gasteiger partial charge in [-0.05, 0) is 44.9 Å². The molecule has 0 aliphatic rings. The first-order chi connectivity index (χ1) is 10.1. The second-order valence-corrected chi connectivity index (χ2v) is 6.28. The molecule has 5 nitrogen and oxygen atoms in total. The molecule has 0 fully saturated rings. The van der Waals surface area contributed by atoms with E-state index in [1.165, 1.54) is 12.1 Å². The molecule has 122 valence electrons. The third-order valence-electron chi connectivity index (χ3n) is 2.71. The lowest BCUT2D eigenvalue weighted by Gasteiger charge is -2.21. The second-order valence-electron chi connectivity index (χ2n) is 5.87. The molecular weight excluding hydrogens is 313 g/mol. The molecule has 2 N–H and O–H groups in total. The highest BCUT2D eigenvalue weighted by atomic mass is 35.5. The van der Waals surface area contributed by atoms with Gasteiger partial charge in [0, 0.05) is 6.54 Å². The van der Waals surface area contributed by atoms with Gasteiger partial charge in [0.2, 0.25) is 0 Å². The van der Waals surface area contributed by atoms with Crippen molar-refractivity contribution >= 4 is 23.7 Å². The number of nitrogens with one attached hydrogen (secondary N) is 1. The number of hydrogen-bond acceptors (Lipinski definition) is 3. The van der Waals surface area contributed by atoms with Gasteiger partial charge in [-0.25, -0.2) is 9.18 Å². The molecule has 0 spiro atoms. The maximum atomic E-state index is 13.4. The average molecular weight is 332 g/mol. The topological polar surface area (TPSA) is 75.6 Å². The summed E-state index contributed by atoms with van der Waals surface area (Å²) in [5.41, 5.74) is -0.178. The highest BCUT2D eigenvalue weighted by molar-refractivity contribution is 6.30. The molecule has 7 heteroatoms. The minimum atomic E-state index is -1.09. The summed E-state index contributed by atoms with van der Waals surface area (Å²) < 4.78 is 18.4. The Kier molecular flexibility index (Phi) is 6.17. The lowest BCUT2D eigenvalue weighted by molar-refractivity contribution is -0.141. The summed E-state index contributed by atoms with van der Waals surface area (Å²) >= 11 is 5.58. The molecule has 22 heavy (non-hydrogen) atoms. The first-order valence-electron chi connectivity index (χ1n) is 6.72. The quantitative estimate of drug-likeness (QED) is 0.868. The molecule has 0 bridgehead atoms. The van der Waals surface area contributed by atoms with E-state index in [0.29, 0.717) is 5.56 Å². The number of benzene rings is 1. The Bertz CT molecular complexity index is 557. The zero-order valence-electron chi connectivity index (χ0n) is 12.7. The van der Waals surface area contributed by atoms with Crippen molar-refractivity contribution in [3.8, 4) is 0 Å². The third-order valence-corrected chi connectivity index (χ3v) is 3.01. The monoisotopic (exact) mass is 331 g/mol. The summed E-state index contributed by atoms with van der Waals surface area (Å²) in [6.07, 6.45) is -0.625. The molecule has 0 aliphatic carbocycles. The van der Waals surface area contributed by atoms with Gasteiger partial charge < -0.3 is 15.2 Å². The van der Waals surface area contributed by atoms with Gasteiger partial charge in [-0.2, -0.15) is 0 Å². The average Bonchev–Trinajstić information content (AvgIpc) is 2.36. The van der Waals surface area contributed by atoms with Crippen molar-refractivity contribution in [3.63, 3.8) is 0 Å². The zero-order chi connectivity index (χ0) is 16.9. The van der Waals surface area contributed by atoms with E-state index in [1.807, 2.05) is 0 Å². The molecule has 1 rings (SSSR count). The van der Waals surface area contributed by atoms with Crippen LogP contribution >= 0.6 is 11.6 Å². The lowest BCUT2D eigenvalue weighted by Crippen LogP contribution is -2.37. The molecule has 0 saturated carbocycles. The molecule has 0 aliphatic heterocycles. The summed E-state index contributed by atoms with van der Waals surface area (Å²) in [6, 6.07) is 4.10. The van der Waals surface area contributed by atoms with Crippen molar-refractivity contribution < 1.29 is 23.8 Å². The van der Waals surface area contributed by atoms with E-state index in [0.717, 1.165) is 0 Å². The van der Waals surface area contributed by atoms with Crippen molar-refractivity contribution in [2.45, 2.75) is 32.8 Å². The molecule has 0 radical (unpaired) electrons. The predicted molar refractivity (Wildman–Crippen MR) is 80.5 cm³/mol. The van der Waals surface area contributed by atoms with Crippen LogP contribution < -0.4 is 5.32 Å². The summed E-state index contributed by atoms with van der Waals surface area (Å²) in [7, 11) is 0. The molecule has 1 aromatic rings. The smallest absolute Gasteiger partial charge is 0.407 e. The first-order valence-corrected chi connectivity index (χ1v) is 7.10. The fourth-order valence-corrected chi connectivity index (χ4v) is 1.84. The van der Waals surface area contributed by atoms with Gasteiger partial charge >= 0.3 is 12.1 Å². The van der Waals surface area contributed by atoms with Gasteiger partial charge in [-0.15, -0.1) is 0 Å². The Hall–Kier alpha value is -1.82. The highest BCUT2D eigenvalue weighted by Gasteiger charge is 2.22. The molecule has 1 atom stereocenters. The van der Waals surface area contributed by atoms with Crippen LogP contribution in [0.4, 0.5) is 9.18 Å². The number of amides is 1. The van der Waals surface area contributed by atoms with E-state index in [1.54, 1.807) is 26.8 Å². The van der Waals surface area contributed by atoms with Gasteiger partial charge in [-0.1, -0.05) is 17.7 Å². The molecular formula is C15H19ClFNO4. The number of halogens is 2. The number of hydrogen-bond donors (Lipinski definition) is 2. The Morgan fingerprint density at radius 1 is 1.41 bits per heavy atom. The fourth-order valence-electron chi connectivity index (χ4n) is 1.72. The first kappa shape index (κ1) is 18.2. The second kappa shape index (κ2) is 7.45. The number of carbonyl (C=O) groups is 2. The summed E-state index contributed by atoms with van der Waals surface area (Å²) in [6.45, 7) is 5.00. The van der Waals surface area contributed by atoms with Gasteiger partial charge in [-0.3, -0.25) is 4.79 Å². The van der Waals surface area contributed by atoms with E-state index in [4.69, 9.17) is 16.3 Å². The SMILES string of the molecule is CC(C)(C)OC(=O)NCC(Cc1ccc(Cl)c(F)c1)C(=O)O. The van der Waals surface area contributed by atoms with Crippen LogP contribution in [0, 0.1) is 11.7 Å². The van der Waals surface area contributed by atoms with E-state index >= 15 is 0 Å². The van der Waals surface area contributed by atoms with Crippen molar-refractivity contribution in [3.05, 3.63) is 34.6 Å². The van der Waals surface area contributed by atoms with Gasteiger partial charge in [0.1, 0.15) is 11.4 Å². The molecule has 1 aromatic carbocycles. The standard InChI is InChI=1S/C15H19ClFNO4/c1-15(2,3)22-14(21)18-8-10(13(19)20)6-9-4-5-11(16)12(17)7-9/h4-5,7,10H,6,8H2,1-3H3,(H,18,21)(H,19,20). The van der Waals surface area contributed by atoms with Crippen LogP contribution in [0.2, 0.25) is 5.02 Å². The number of aliphatic carboxylic acids is 1. The largest absolute Gasteiger partial charge is 0.481 e. The van der Waals surface area contributed by atoms with Crippen LogP contribution in [0.5, 0.6) is 0 Å². The number of alkyl carbamates (subject to hydrolysis) is 1. The molecule has 0 saturated heterocycles. The minimum Gasteiger partial charge on any atom is -0.481 e. The Balaban J connectivity index is 2.64. The number of carbonyl (C=O) groups excluding carboxylic acids is 1. The molecule has 0 aromatic heterocycles. The van der Waals surface area contributed by atoms with Crippen LogP contribution in [0.15, 0.2) is 18.2 Å². The Morgan fingerprint density at radius 2 is 2.05 bits per heavy atom. The molecule has 1 amide bonds. The lowest BCUT2D eigenvalue weighted by atomic mass is 9.99. The van der Waals surface area contributed by atoms with Gasteiger partial charge in [0.15, 0.2) is 0 Å². The minimum absolute atomic E-state index is 0.0255. The van der Waals surface area contributed by atoms with E-state index in [-0.39, 0.29) is 18.0 Å². The van der Waals surface area contributed by atoms with Crippen molar-refractivity contribution in [1.29, 1.82) is 0 Å². The van der Waals surface area contributed by atoms with Gasteiger partial charge in [0.05, 0.1) is 10.9 Å². The Morgan fingerprint density at radius 3 is 2.55 bits per heavy atom. The summed E-state index contributed by atoms with van der Waals surface area (Å²) in [5, 5.41) is 11.6. The van der Waals surface area contributed by atoms with E-state index in [2.05, 4.69) is 5.32 Å². The number of carboxylic acids is 1. The number of ether oxygens (including phenoxy) is 1. The van der Waals surface area contributed by atoms with E-state index in [9.17, 15) is 19.1 Å². The normalized spacial score (nSPS) is 12.6. The third kappa shape index (κ3) is 6.30. The highest BCUT2D eigenvalue weighted by Crippen LogP contribution is 2.18. The number of carboxylic acid groups (broad SMARTS) is 1. The van der Waals surface area contributed by atoms with Crippen LogP contribution in [0.1, 0.15) is 26.3 Å². The summed E-state index contributed by atoms with van der Waals surface area (Å²) in [5.74, 6) is -2.59. The maximum absolute atomic E-state index is 13.4. The van der Waals surface area contributed by atoms with Crippen molar-refractivity contribution in [1.82, 2.24) is 5.32 Å². The molecule has 1 unspecified atom stereocenters. The van der Waals surface area contributed by atoms with Crippen LogP contribution in [-0.4, -0.2) is 29.3 Å². The van der Waals surface area contributed by atoms with E-state index < -0.39 is 29.4 Å². The Labute approximate surface area is 133 Å². The zero-order valence-corrected chi connectivity index (χ0v) is 13.4. The molecule has 0 heterocycles. The maximum Gasteiger partial charge on any atom is 0.407 e. The van der Waals surface area contributed by atoms with Crippen LogP contribution in [-0.2, 0) is 16.0 Å². The van der Waals surface area contributed by atoms with Crippen molar-refractivity contribution in [2.75, 3.05) is 6.54 Å². The fraction of sp³-hybridized carbons (Fsp3) is 0.467. The van der Waals surface area contributed by atoms with Crippen LogP contribution in [0.25, 0.3) is 0 Å². The predicted octanol–water partition coefficient (Wildman–Crippen LogP) is 3.25. The number of rotatable bonds is 5.